The first-order valence-corrected chi connectivity index (χ1v) is 11.6. The lowest BCUT2D eigenvalue weighted by atomic mass is 9.81. The molecule has 0 spiro atoms. The number of allylic oxidation sites excluding steroid dienone is 2. The Morgan fingerprint density at radius 3 is 2.57 bits per heavy atom. The molecule has 0 radical (unpaired) electrons. The zero-order chi connectivity index (χ0) is 21.3. The molecule has 0 unspecified atom stereocenters. The number of methoxy groups -OCH3 is 1. The number of carbonyl (C=O) groups excluding carboxylic acids is 2. The molecule has 2 aliphatic rings. The van der Waals surface area contributed by atoms with E-state index in [2.05, 4.69) is 41.2 Å². The van der Waals surface area contributed by atoms with Crippen LogP contribution in [0.4, 0.5) is 0 Å². The first kappa shape index (κ1) is 22.7. The maximum atomic E-state index is 12.5. The number of esters is 1. The Kier molecular flexibility index (Phi) is 8.68. The molecule has 164 valence electrons. The van der Waals surface area contributed by atoms with E-state index in [1.807, 2.05) is 0 Å². The molecule has 0 aromatic heterocycles. The minimum Gasteiger partial charge on any atom is -0.469 e. The molecule has 4 nitrogen and oxygen atoms in total. The Bertz CT molecular complexity index is 715. The molecule has 0 heterocycles. The van der Waals surface area contributed by atoms with Crippen molar-refractivity contribution in [2.45, 2.75) is 82.7 Å². The van der Waals surface area contributed by atoms with Crippen LogP contribution < -0.4 is 0 Å². The Morgan fingerprint density at radius 2 is 1.87 bits per heavy atom. The predicted molar refractivity (Wildman–Crippen MR) is 118 cm³/mol. The summed E-state index contributed by atoms with van der Waals surface area (Å²) in [5.41, 5.74) is 2.22. The molecule has 2 fully saturated rings. The number of rotatable bonds is 9. The van der Waals surface area contributed by atoms with E-state index in [1.165, 1.54) is 31.9 Å². The smallest absolute Gasteiger partial charge is 0.305 e. The highest BCUT2D eigenvalue weighted by Crippen LogP contribution is 2.40. The summed E-state index contributed by atoms with van der Waals surface area (Å²) >= 11 is 0. The van der Waals surface area contributed by atoms with E-state index in [0.29, 0.717) is 24.5 Å². The number of aliphatic hydroxyl groups is 1. The Hall–Kier alpha value is -1.94. The second-order valence-electron chi connectivity index (χ2n) is 8.90. The molecule has 1 N–H and O–H groups in total. The molecule has 2 saturated carbocycles. The Labute approximate surface area is 180 Å². The summed E-state index contributed by atoms with van der Waals surface area (Å²) in [5, 5.41) is 10.7. The van der Waals surface area contributed by atoms with Crippen molar-refractivity contribution in [1.82, 2.24) is 0 Å². The molecule has 1 aromatic carbocycles. The Morgan fingerprint density at radius 1 is 1.13 bits per heavy atom. The average molecular weight is 413 g/mol. The number of aliphatic hydroxyl groups excluding tert-OH is 1. The average Bonchev–Trinajstić information content (AvgIpc) is 3.16. The highest BCUT2D eigenvalue weighted by molar-refractivity contribution is 5.84. The topological polar surface area (TPSA) is 63.6 Å². The number of benzene rings is 1. The van der Waals surface area contributed by atoms with Gasteiger partial charge in [0.1, 0.15) is 5.78 Å². The minimum atomic E-state index is -0.367. The van der Waals surface area contributed by atoms with Crippen LogP contribution in [0, 0.1) is 11.8 Å². The van der Waals surface area contributed by atoms with Crippen molar-refractivity contribution in [3.8, 4) is 0 Å². The quantitative estimate of drug-likeness (QED) is 0.323. The van der Waals surface area contributed by atoms with Gasteiger partial charge in [0.15, 0.2) is 0 Å². The van der Waals surface area contributed by atoms with Crippen LogP contribution >= 0.6 is 0 Å². The molecule has 0 bridgehead atoms. The van der Waals surface area contributed by atoms with Crippen LogP contribution in [-0.2, 0) is 14.3 Å². The maximum Gasteiger partial charge on any atom is 0.305 e. The number of hydrogen-bond donors (Lipinski definition) is 1. The molecule has 3 rings (SSSR count). The van der Waals surface area contributed by atoms with Crippen molar-refractivity contribution in [2.75, 3.05) is 7.11 Å². The van der Waals surface area contributed by atoms with Crippen molar-refractivity contribution in [1.29, 1.82) is 0 Å². The lowest BCUT2D eigenvalue weighted by Gasteiger charge is -2.27. The Balaban J connectivity index is 1.54. The highest BCUT2D eigenvalue weighted by atomic mass is 16.5. The highest BCUT2D eigenvalue weighted by Gasteiger charge is 2.34. The van der Waals surface area contributed by atoms with Crippen LogP contribution in [0.25, 0.3) is 0 Å². The zero-order valence-corrected chi connectivity index (χ0v) is 18.2. The molecule has 4 heteroatoms. The molecule has 30 heavy (non-hydrogen) atoms. The lowest BCUT2D eigenvalue weighted by Crippen LogP contribution is -2.16. The second kappa shape index (κ2) is 11.5. The molecule has 0 aliphatic heterocycles. The standard InChI is InChI=1S/C26H36O4/c1-30-25(28)12-8-3-2-7-11-23-22(17-18-24(23)27)19-13-15-21(16-14-19)26(29)20-9-5-4-6-10-20/h2,7,13-16,20,22-23,26,29H,3-6,8-12,17-18H2,1H3/t22-,23-,26-/m1/s1. The third-order valence-electron chi connectivity index (χ3n) is 6.94. The third kappa shape index (κ3) is 6.04. The van der Waals surface area contributed by atoms with Crippen LogP contribution in [0.15, 0.2) is 36.4 Å². The number of ketones is 1. The molecular weight excluding hydrogens is 376 g/mol. The van der Waals surface area contributed by atoms with Gasteiger partial charge in [0.2, 0.25) is 0 Å². The van der Waals surface area contributed by atoms with E-state index < -0.39 is 0 Å². The van der Waals surface area contributed by atoms with E-state index in [1.54, 1.807) is 0 Å². The third-order valence-corrected chi connectivity index (χ3v) is 6.94. The van der Waals surface area contributed by atoms with Crippen molar-refractivity contribution < 1.29 is 19.4 Å². The van der Waals surface area contributed by atoms with Gasteiger partial charge < -0.3 is 9.84 Å². The fourth-order valence-corrected chi connectivity index (χ4v) is 5.09. The van der Waals surface area contributed by atoms with Crippen molar-refractivity contribution in [3.63, 3.8) is 0 Å². The predicted octanol–water partition coefficient (Wildman–Crippen LogP) is 5.65. The van der Waals surface area contributed by atoms with Crippen LogP contribution in [0.3, 0.4) is 0 Å². The lowest BCUT2D eigenvalue weighted by molar-refractivity contribution is -0.140. The number of ether oxygens (including phenoxy) is 1. The largest absolute Gasteiger partial charge is 0.469 e. The number of carbonyl (C=O) groups is 2. The van der Waals surface area contributed by atoms with Crippen LogP contribution in [-0.4, -0.2) is 24.0 Å². The summed E-state index contributed by atoms with van der Waals surface area (Å²) in [6.07, 6.45) is 14.1. The SMILES string of the molecule is COC(=O)CCCC=CC[C@H]1C(=O)CC[C@@H]1c1ccc([C@H](O)C2CCCCC2)cc1. The van der Waals surface area contributed by atoms with Gasteiger partial charge in [-0.05, 0) is 61.5 Å². The van der Waals surface area contributed by atoms with Gasteiger partial charge in [-0.15, -0.1) is 0 Å². The summed E-state index contributed by atoms with van der Waals surface area (Å²) in [6, 6.07) is 8.38. The van der Waals surface area contributed by atoms with Crippen molar-refractivity contribution >= 4 is 11.8 Å². The van der Waals surface area contributed by atoms with Gasteiger partial charge in [0, 0.05) is 18.8 Å². The number of hydrogen-bond acceptors (Lipinski definition) is 4. The number of Topliss-reactive ketones (excluding diaryl/α,β-unsaturated/α-hetero) is 1. The number of unbranched alkanes of at least 4 members (excludes halogenated alkanes) is 1. The summed E-state index contributed by atoms with van der Waals surface area (Å²) in [4.78, 5) is 23.6. The van der Waals surface area contributed by atoms with Crippen LogP contribution in [0.5, 0.6) is 0 Å². The second-order valence-corrected chi connectivity index (χ2v) is 8.90. The fourth-order valence-electron chi connectivity index (χ4n) is 5.09. The molecule has 0 saturated heterocycles. The first-order valence-electron chi connectivity index (χ1n) is 11.6. The fraction of sp³-hybridized carbons (Fsp3) is 0.615. The van der Waals surface area contributed by atoms with Gasteiger partial charge in [0.05, 0.1) is 13.2 Å². The molecule has 0 amide bonds. The van der Waals surface area contributed by atoms with Gasteiger partial charge in [-0.3, -0.25) is 9.59 Å². The van der Waals surface area contributed by atoms with Crippen LogP contribution in [0.1, 0.15) is 93.8 Å². The van der Waals surface area contributed by atoms with Gasteiger partial charge in [-0.25, -0.2) is 0 Å². The van der Waals surface area contributed by atoms with Crippen LogP contribution in [0.2, 0.25) is 0 Å². The molecule has 1 aromatic rings. The van der Waals surface area contributed by atoms with E-state index in [-0.39, 0.29) is 23.9 Å². The van der Waals surface area contributed by atoms with E-state index >= 15 is 0 Å². The normalized spacial score (nSPS) is 23.7. The monoisotopic (exact) mass is 412 g/mol. The van der Waals surface area contributed by atoms with E-state index in [9.17, 15) is 14.7 Å². The van der Waals surface area contributed by atoms with Crippen molar-refractivity contribution in [2.24, 2.45) is 11.8 Å². The van der Waals surface area contributed by atoms with Gasteiger partial charge in [-0.1, -0.05) is 55.7 Å². The zero-order valence-electron chi connectivity index (χ0n) is 18.2. The summed E-state index contributed by atoms with van der Waals surface area (Å²) in [5.74, 6) is 0.862. The molecular formula is C26H36O4. The van der Waals surface area contributed by atoms with Crippen molar-refractivity contribution in [3.05, 3.63) is 47.5 Å². The van der Waals surface area contributed by atoms with E-state index in [0.717, 1.165) is 44.1 Å². The maximum absolute atomic E-state index is 12.5. The van der Waals surface area contributed by atoms with Gasteiger partial charge in [-0.2, -0.15) is 0 Å². The van der Waals surface area contributed by atoms with Gasteiger partial charge in [0.25, 0.3) is 0 Å². The summed E-state index contributed by atoms with van der Waals surface area (Å²) in [6.45, 7) is 0. The molecule has 2 aliphatic carbocycles. The van der Waals surface area contributed by atoms with E-state index in [4.69, 9.17) is 0 Å². The van der Waals surface area contributed by atoms with Gasteiger partial charge >= 0.3 is 5.97 Å². The minimum absolute atomic E-state index is 0.0379. The first-order chi connectivity index (χ1) is 14.6. The summed E-state index contributed by atoms with van der Waals surface area (Å²) in [7, 11) is 1.41. The summed E-state index contributed by atoms with van der Waals surface area (Å²) < 4.78 is 4.65. The molecule has 3 atom stereocenters.